The monoisotopic (exact) mass is 316 g/mol. The molecule has 2 aromatic carbocycles. The highest BCUT2D eigenvalue weighted by Gasteiger charge is 2.15. The van der Waals surface area contributed by atoms with Gasteiger partial charge in [0, 0.05) is 6.42 Å². The van der Waals surface area contributed by atoms with E-state index in [4.69, 9.17) is 19.3 Å². The van der Waals surface area contributed by atoms with Gasteiger partial charge in [0.25, 0.3) is 0 Å². The zero-order chi connectivity index (χ0) is 16.7. The minimum absolute atomic E-state index is 0.0521. The highest BCUT2D eigenvalue weighted by atomic mass is 16.5. The van der Waals surface area contributed by atoms with Crippen LogP contribution in [0.2, 0.25) is 0 Å². The molecule has 23 heavy (non-hydrogen) atoms. The fraction of sp³-hybridized carbons (Fsp3) is 0.278. The van der Waals surface area contributed by atoms with Gasteiger partial charge in [-0.1, -0.05) is 30.3 Å². The van der Waals surface area contributed by atoms with Crippen LogP contribution in [-0.2, 0) is 17.8 Å². The molecule has 0 saturated heterocycles. The topological polar surface area (TPSA) is 65.0 Å². The van der Waals surface area contributed by atoms with E-state index in [0.29, 0.717) is 30.3 Å². The second kappa shape index (κ2) is 8.08. The van der Waals surface area contributed by atoms with Crippen LogP contribution < -0.4 is 14.2 Å². The number of aryl methyl sites for hydroxylation is 1. The summed E-state index contributed by atoms with van der Waals surface area (Å²) >= 11 is 0. The lowest BCUT2D eigenvalue weighted by atomic mass is 10.1. The zero-order valence-electron chi connectivity index (χ0n) is 13.2. The molecule has 0 heterocycles. The summed E-state index contributed by atoms with van der Waals surface area (Å²) in [6, 6.07) is 13.4. The molecule has 0 unspecified atom stereocenters. The van der Waals surface area contributed by atoms with Crippen molar-refractivity contribution in [1.82, 2.24) is 0 Å². The fourth-order valence-corrected chi connectivity index (χ4v) is 2.20. The van der Waals surface area contributed by atoms with Gasteiger partial charge in [-0.15, -0.1) is 0 Å². The van der Waals surface area contributed by atoms with Crippen LogP contribution in [0.15, 0.2) is 42.5 Å². The predicted octanol–water partition coefficient (Wildman–Crippen LogP) is 3.30. The minimum Gasteiger partial charge on any atom is -0.493 e. The number of benzene rings is 2. The molecule has 0 saturated carbocycles. The van der Waals surface area contributed by atoms with Crippen molar-refractivity contribution in [2.45, 2.75) is 19.4 Å². The Labute approximate surface area is 135 Å². The second-order valence-corrected chi connectivity index (χ2v) is 5.00. The van der Waals surface area contributed by atoms with E-state index in [1.54, 1.807) is 26.4 Å². The number of hydrogen-bond donors (Lipinski definition) is 1. The molecule has 5 heteroatoms. The first-order valence-electron chi connectivity index (χ1n) is 7.27. The van der Waals surface area contributed by atoms with Crippen molar-refractivity contribution in [2.75, 3.05) is 14.2 Å². The number of methoxy groups -OCH3 is 2. The first kappa shape index (κ1) is 16.7. The summed E-state index contributed by atoms with van der Waals surface area (Å²) in [7, 11) is 3.09. The van der Waals surface area contributed by atoms with Crippen LogP contribution in [0.4, 0.5) is 0 Å². The Morgan fingerprint density at radius 1 is 1.00 bits per heavy atom. The van der Waals surface area contributed by atoms with Crippen LogP contribution in [0, 0.1) is 0 Å². The number of aliphatic carboxylic acids is 1. The fourth-order valence-electron chi connectivity index (χ4n) is 2.20. The highest BCUT2D eigenvalue weighted by Crippen LogP contribution is 2.39. The molecule has 5 nitrogen and oxygen atoms in total. The number of ether oxygens (including phenoxy) is 3. The van der Waals surface area contributed by atoms with E-state index >= 15 is 0 Å². The van der Waals surface area contributed by atoms with Gasteiger partial charge >= 0.3 is 5.97 Å². The maximum absolute atomic E-state index is 10.7. The predicted molar refractivity (Wildman–Crippen MR) is 86.3 cm³/mol. The van der Waals surface area contributed by atoms with Gasteiger partial charge in [0.05, 0.1) is 14.2 Å². The first-order valence-corrected chi connectivity index (χ1v) is 7.27. The van der Waals surface area contributed by atoms with Crippen LogP contribution in [0.3, 0.4) is 0 Å². The molecule has 0 fully saturated rings. The summed E-state index contributed by atoms with van der Waals surface area (Å²) in [6.45, 7) is 0.391. The Balaban J connectivity index is 2.21. The third-order valence-electron chi connectivity index (χ3n) is 3.37. The molecule has 0 amide bonds. The van der Waals surface area contributed by atoms with Gasteiger partial charge in [-0.25, -0.2) is 0 Å². The summed E-state index contributed by atoms with van der Waals surface area (Å²) in [5, 5.41) is 8.81. The SMILES string of the molecule is COc1cc(CCC(=O)O)cc(OC)c1OCc1ccccc1. The molecular formula is C18H20O5. The van der Waals surface area contributed by atoms with Crippen LogP contribution in [0.1, 0.15) is 17.5 Å². The van der Waals surface area contributed by atoms with E-state index in [1.807, 2.05) is 30.3 Å². The van der Waals surface area contributed by atoms with E-state index in [-0.39, 0.29) is 6.42 Å². The van der Waals surface area contributed by atoms with Crippen LogP contribution in [0.5, 0.6) is 17.2 Å². The largest absolute Gasteiger partial charge is 0.493 e. The summed E-state index contributed by atoms with van der Waals surface area (Å²) < 4.78 is 16.6. The van der Waals surface area contributed by atoms with Gasteiger partial charge in [-0.05, 0) is 29.7 Å². The van der Waals surface area contributed by atoms with Crippen LogP contribution in [-0.4, -0.2) is 25.3 Å². The van der Waals surface area contributed by atoms with Gasteiger partial charge in [0.15, 0.2) is 11.5 Å². The van der Waals surface area contributed by atoms with Crippen molar-refractivity contribution < 1.29 is 24.1 Å². The third kappa shape index (κ3) is 4.64. The summed E-state index contributed by atoms with van der Waals surface area (Å²) in [5.41, 5.74) is 1.86. The molecule has 0 bridgehead atoms. The quantitative estimate of drug-likeness (QED) is 0.809. The Bertz CT molecular complexity index is 627. The molecule has 1 N–H and O–H groups in total. The van der Waals surface area contributed by atoms with Crippen molar-refractivity contribution in [2.24, 2.45) is 0 Å². The molecule has 2 rings (SSSR count). The Morgan fingerprint density at radius 3 is 2.13 bits per heavy atom. The molecule has 0 aliphatic heterocycles. The van der Waals surface area contributed by atoms with Crippen molar-refractivity contribution in [3.05, 3.63) is 53.6 Å². The number of carboxylic acid groups (broad SMARTS) is 1. The maximum atomic E-state index is 10.7. The summed E-state index contributed by atoms with van der Waals surface area (Å²) in [5.74, 6) is 0.728. The molecule has 2 aromatic rings. The molecule has 0 aliphatic carbocycles. The lowest BCUT2D eigenvalue weighted by Gasteiger charge is -2.16. The van der Waals surface area contributed by atoms with Crippen LogP contribution in [0.25, 0.3) is 0 Å². The van der Waals surface area contributed by atoms with Gasteiger partial charge in [-0.3, -0.25) is 4.79 Å². The number of hydrogen-bond acceptors (Lipinski definition) is 4. The van der Waals surface area contributed by atoms with E-state index in [1.165, 1.54) is 0 Å². The van der Waals surface area contributed by atoms with Crippen LogP contribution >= 0.6 is 0 Å². The van der Waals surface area contributed by atoms with Gasteiger partial charge in [0.1, 0.15) is 6.61 Å². The third-order valence-corrected chi connectivity index (χ3v) is 3.37. The molecule has 122 valence electrons. The van der Waals surface area contributed by atoms with Crippen molar-refractivity contribution in [1.29, 1.82) is 0 Å². The van der Waals surface area contributed by atoms with Crippen molar-refractivity contribution >= 4 is 5.97 Å². The van der Waals surface area contributed by atoms with Crippen molar-refractivity contribution in [3.8, 4) is 17.2 Å². The summed E-state index contributed by atoms with van der Waals surface area (Å²) in [4.78, 5) is 10.7. The van der Waals surface area contributed by atoms with E-state index < -0.39 is 5.97 Å². The molecule has 0 aliphatic rings. The average Bonchev–Trinajstić information content (AvgIpc) is 2.58. The highest BCUT2D eigenvalue weighted by molar-refractivity contribution is 5.67. The smallest absolute Gasteiger partial charge is 0.303 e. The van der Waals surface area contributed by atoms with E-state index in [2.05, 4.69) is 0 Å². The number of rotatable bonds is 8. The van der Waals surface area contributed by atoms with E-state index in [9.17, 15) is 4.79 Å². The Morgan fingerprint density at radius 2 is 1.61 bits per heavy atom. The van der Waals surface area contributed by atoms with Gasteiger partial charge in [-0.2, -0.15) is 0 Å². The average molecular weight is 316 g/mol. The molecule has 0 radical (unpaired) electrons. The van der Waals surface area contributed by atoms with Crippen molar-refractivity contribution in [3.63, 3.8) is 0 Å². The molecular weight excluding hydrogens is 296 g/mol. The second-order valence-electron chi connectivity index (χ2n) is 5.00. The van der Waals surface area contributed by atoms with Gasteiger partial charge < -0.3 is 19.3 Å². The Hall–Kier alpha value is -2.69. The lowest BCUT2D eigenvalue weighted by molar-refractivity contribution is -0.136. The maximum Gasteiger partial charge on any atom is 0.303 e. The first-order chi connectivity index (χ1) is 11.1. The van der Waals surface area contributed by atoms with E-state index in [0.717, 1.165) is 11.1 Å². The molecule has 0 atom stereocenters. The summed E-state index contributed by atoms with van der Waals surface area (Å²) in [6.07, 6.45) is 0.456. The molecule has 0 aromatic heterocycles. The standard InChI is InChI=1S/C18H20O5/c1-21-15-10-14(8-9-17(19)20)11-16(22-2)18(15)23-12-13-6-4-3-5-7-13/h3-7,10-11H,8-9,12H2,1-2H3,(H,19,20). The van der Waals surface area contributed by atoms with Gasteiger partial charge in [0.2, 0.25) is 5.75 Å². The Kier molecular flexibility index (Phi) is 5.86. The minimum atomic E-state index is -0.840. The number of carbonyl (C=O) groups is 1. The molecule has 0 spiro atoms. The zero-order valence-corrected chi connectivity index (χ0v) is 13.2. The number of carboxylic acids is 1. The lowest BCUT2D eigenvalue weighted by Crippen LogP contribution is -2.02. The normalized spacial score (nSPS) is 10.2.